The quantitative estimate of drug-likeness (QED) is 0.00602. The predicted octanol–water partition coefficient (Wildman–Crippen LogP) is 13.3. The summed E-state index contributed by atoms with van der Waals surface area (Å²) in [6, 6.07) is 28.0. The van der Waals surface area contributed by atoms with E-state index in [4.69, 9.17) is 42.4 Å². The number of nitrogens with two attached hydrogens (primary N) is 2. The Morgan fingerprint density at radius 3 is 1.15 bits per heavy atom. The fourth-order valence-corrected chi connectivity index (χ4v) is 4.12. The minimum absolute atomic E-state index is 0. The van der Waals surface area contributed by atoms with Crippen LogP contribution in [0.25, 0.3) is 0 Å². The van der Waals surface area contributed by atoms with Gasteiger partial charge in [-0.1, -0.05) is 93.1 Å². The Balaban J connectivity index is -0.0000000654. The molecule has 11 N–H and O–H groups in total. The van der Waals surface area contributed by atoms with Gasteiger partial charge in [-0.3, -0.25) is 62.9 Å². The number of anilines is 5. The van der Waals surface area contributed by atoms with E-state index in [0.29, 0.717) is 46.9 Å². The molecule has 4 aromatic rings. The number of nitrogens with one attached hydrogen (secondary N) is 4. The second-order valence-electron chi connectivity index (χ2n) is 14.8. The molecular weight excluding hydrogens is 1370 g/mol. The lowest BCUT2D eigenvalue weighted by molar-refractivity contribution is -0.267. The first-order valence-electron chi connectivity index (χ1n) is 23.6. The first-order chi connectivity index (χ1) is 41.7. The highest BCUT2D eigenvalue weighted by Crippen LogP contribution is 2.35. The normalized spacial score (nSPS) is 9.00. The van der Waals surface area contributed by atoms with Crippen LogP contribution in [0.3, 0.4) is 0 Å². The highest BCUT2D eigenvalue weighted by atomic mass is 32.2. The Kier molecular flexibility index (Phi) is 86.9. The number of amides is 5. The lowest BCUT2D eigenvalue weighted by atomic mass is 10.2. The van der Waals surface area contributed by atoms with Crippen LogP contribution in [-0.2, 0) is 67.0 Å². The average molecular weight is 1470 g/mol. The van der Waals surface area contributed by atoms with Crippen molar-refractivity contribution in [1.82, 2.24) is 10.5 Å². The monoisotopic (exact) mass is 1470 g/mol. The molecule has 0 saturated carbocycles. The third-order valence-electron chi connectivity index (χ3n) is 7.32. The van der Waals surface area contributed by atoms with E-state index in [1.54, 1.807) is 54.6 Å². The number of nitrogens with zero attached hydrogens (tertiary/aromatic N) is 1. The Morgan fingerprint density at radius 1 is 0.604 bits per heavy atom. The molecule has 0 aliphatic carbocycles. The Morgan fingerprint density at radius 2 is 0.917 bits per heavy atom. The number of halogens is 11. The summed E-state index contributed by atoms with van der Waals surface area (Å²) in [5.74, 6) is -11.8. The zero-order valence-electron chi connectivity index (χ0n) is 50.6. The highest BCUT2D eigenvalue weighted by Gasteiger charge is 2.61. The molecule has 0 atom stereocenters. The van der Waals surface area contributed by atoms with Gasteiger partial charge < -0.3 is 42.0 Å². The van der Waals surface area contributed by atoms with Crippen molar-refractivity contribution in [2.75, 3.05) is 67.8 Å². The number of methoxy groups -OCH3 is 1. The van der Waals surface area contributed by atoms with Gasteiger partial charge in [0.1, 0.15) is 16.1 Å². The SMILES string of the molecule is C.C.C.C.C.C.CC(=O)C(F)(F)C(F)(F)F.CC(=O)C(F)(F)F.CC(=O)Nc1ccccc1N.CC(=O)Nc1ccccc1O.CC(=O)Nc1ccccc1S.CC(=O)Oc1ccccc1N.CN(O)C=O.COC(C)=O.COOC.CSCC(=O)C(F)(F)F.O=CNO.[2H]P=O. The smallest absolute Gasteiger partial charge is 0.461 e. The van der Waals surface area contributed by atoms with Gasteiger partial charge in [-0.15, -0.1) is 12.6 Å². The number of alkyl halides is 11. The number of esters is 2. The second-order valence-corrected chi connectivity index (χ2v) is 16.1. The summed E-state index contributed by atoms with van der Waals surface area (Å²) < 4.78 is 146. The van der Waals surface area contributed by atoms with Crippen molar-refractivity contribution in [2.24, 2.45) is 0 Å². The number of ketones is 3. The van der Waals surface area contributed by atoms with Crippen LogP contribution in [0.2, 0.25) is 0 Å². The molecule has 25 nitrogen and oxygen atoms in total. The van der Waals surface area contributed by atoms with E-state index in [-0.39, 0.29) is 93.3 Å². The van der Waals surface area contributed by atoms with Gasteiger partial charge in [0.15, 0.2) is 5.75 Å². The van der Waals surface area contributed by atoms with Crippen molar-refractivity contribution in [3.8, 4) is 11.5 Å². The number of carbonyl (C=O) groups is 10. The van der Waals surface area contributed by atoms with E-state index >= 15 is 0 Å². The molecule has 0 saturated heterocycles. The maximum Gasteiger partial charge on any atom is 0.461 e. The minimum atomic E-state index is -5.77. The number of hydrogen-bond acceptors (Lipinski definition) is 22. The number of benzene rings is 4. The number of thiol groups is 1. The molecule has 39 heteroatoms. The topological polar surface area (TPSA) is 389 Å². The maximum absolute atomic E-state index is 11.6. The number of hydrogen-bond donors (Lipinski definition) is 10. The number of phenolic OH excluding ortho intramolecular Hbond substituents is 1. The predicted molar refractivity (Wildman–Crippen MR) is 353 cm³/mol. The molecule has 0 aromatic heterocycles. The molecule has 5 amide bonds. The molecule has 558 valence electrons. The molecule has 0 bridgehead atoms. The maximum atomic E-state index is 11.6. The third-order valence-corrected chi connectivity index (χ3v) is 8.26. The standard InChI is InChI=1S/C8H10N2O.2C8H9NO2.C8H9NOS.C4H3F5O.C4H5F3OS.C3H3F3O.C3H6O2.C2H5NO2.C2H6O2.CH3NO2.6CH4.HOP/c1-6(11)10-8-5-3-2-4-7(8)9;1-6(10)11-8-5-3-2-4-7(8)9;2*1-6(10)9-7-4-2-3-5-8(7)11;1-2(10)3(5,6)4(7,8)9;1-9-2-3(8)4(5,6)7;1-2(7)3(4,5)6;1-3(4)5-2;1-3(5)2-4;1-3-4-2;3-1-2-4;;;;;;;1-2/h2-5H,9H2,1H3,(H,10,11);2-5H,9H2,1H3;2*2-5,11H,1H3,(H,9,10);1H3;2H2,1H3;1H3;1-2H3;2,5H,1H3;1-2H3;1,4H,(H,2,3);6*1H4;2H/i;;;;;;;;;;;;;;;;;2D. The van der Waals surface area contributed by atoms with E-state index in [0.717, 1.165) is 22.3 Å². The molecule has 0 unspecified atom stereocenters. The van der Waals surface area contributed by atoms with Gasteiger partial charge in [0.25, 0.3) is 0 Å². The summed E-state index contributed by atoms with van der Waals surface area (Å²) in [6.07, 6.45) is -13.1. The van der Waals surface area contributed by atoms with Crippen molar-refractivity contribution >= 4 is 122 Å². The lowest BCUT2D eigenvalue weighted by Crippen LogP contribution is -2.42. The molecule has 0 aliphatic heterocycles. The van der Waals surface area contributed by atoms with Crippen molar-refractivity contribution in [1.29, 1.82) is 1.28 Å². The number of hydroxylamine groups is 3. The summed E-state index contributed by atoms with van der Waals surface area (Å²) in [6.45, 7) is 7.69. The molecule has 96 heavy (non-hydrogen) atoms. The molecular formula is C57H93F11N7O18PS2. The van der Waals surface area contributed by atoms with Crippen LogP contribution in [0.4, 0.5) is 76.7 Å². The van der Waals surface area contributed by atoms with Crippen LogP contribution in [-0.4, -0.2) is 147 Å². The summed E-state index contributed by atoms with van der Waals surface area (Å²) in [5, 5.41) is 32.4. The van der Waals surface area contributed by atoms with Crippen LogP contribution in [0.1, 0.15) is 93.0 Å². The van der Waals surface area contributed by atoms with E-state index in [1.807, 2.05) is 36.4 Å². The summed E-state index contributed by atoms with van der Waals surface area (Å²) in [5.41, 5.74) is 15.2. The van der Waals surface area contributed by atoms with Gasteiger partial charge in [0.2, 0.25) is 47.9 Å². The molecule has 0 spiro atoms. The van der Waals surface area contributed by atoms with Crippen LogP contribution in [0.15, 0.2) is 102 Å². The number of phenols is 1. The van der Waals surface area contributed by atoms with Crippen molar-refractivity contribution in [3.05, 3.63) is 97.1 Å². The fraction of sp³-hybridized carbons (Fsp3) is 0.404. The van der Waals surface area contributed by atoms with Crippen LogP contribution >= 0.6 is 33.5 Å². The van der Waals surface area contributed by atoms with E-state index < -0.39 is 56.6 Å². The Bertz CT molecular complexity index is 2520. The number of para-hydroxylation sites is 7. The van der Waals surface area contributed by atoms with E-state index in [2.05, 4.69) is 43.1 Å². The summed E-state index contributed by atoms with van der Waals surface area (Å²) >= 11 is 5.02. The minimum Gasteiger partial charge on any atom is -0.506 e. The largest absolute Gasteiger partial charge is 0.506 e. The number of nitrogen functional groups attached to an aromatic ring is 2. The molecule has 0 aliphatic rings. The highest BCUT2D eigenvalue weighted by molar-refractivity contribution is 7.99. The van der Waals surface area contributed by atoms with Crippen LogP contribution in [0, 0.1) is 0 Å². The van der Waals surface area contributed by atoms with Gasteiger partial charge in [-0.25, -0.2) is 20.3 Å². The van der Waals surface area contributed by atoms with E-state index in [1.165, 1.54) is 80.8 Å². The fourth-order valence-electron chi connectivity index (χ4n) is 3.48. The van der Waals surface area contributed by atoms with Crippen LogP contribution < -0.4 is 37.6 Å². The Labute approximate surface area is 566 Å². The zero-order valence-corrected chi connectivity index (χ0v) is 52.2. The molecule has 0 heterocycles. The molecule has 4 rings (SSSR count). The molecule has 0 fully saturated rings. The first-order valence-corrected chi connectivity index (χ1v) is 25.4. The number of carbonyl (C=O) groups excluding carboxylic acids is 10. The molecule has 0 radical (unpaired) electrons. The number of thioether (sulfide) groups is 1. The van der Waals surface area contributed by atoms with Crippen molar-refractivity contribution in [2.45, 2.75) is 122 Å². The number of rotatable bonds is 10. The van der Waals surface area contributed by atoms with Gasteiger partial charge in [0, 0.05) is 60.4 Å². The second kappa shape index (κ2) is 70.8. The first kappa shape index (κ1) is 118. The third kappa shape index (κ3) is 79.7. The average Bonchev–Trinajstić information content (AvgIpc) is 0.832. The molecule has 4 aromatic carbocycles. The van der Waals surface area contributed by atoms with Crippen molar-refractivity contribution < 1.29 is 136 Å². The number of ether oxygens (including phenoxy) is 2. The summed E-state index contributed by atoms with van der Waals surface area (Å²) in [4.78, 5) is 108. The zero-order chi connectivity index (χ0) is 73.3. The van der Waals surface area contributed by atoms with Gasteiger partial charge >= 0.3 is 36.4 Å². The number of Topliss-reactive ketones (excluding diaryl/α,β-unsaturated/α-hetero) is 3. The Hall–Kier alpha value is -8.55. The number of aromatic hydroxyl groups is 1. The lowest BCUT2D eigenvalue weighted by Gasteiger charge is -2.15. The van der Waals surface area contributed by atoms with E-state index in [9.17, 15) is 91.4 Å². The van der Waals surface area contributed by atoms with Gasteiger partial charge in [-0.05, 0) is 54.8 Å². The van der Waals surface area contributed by atoms with Gasteiger partial charge in [-0.2, -0.15) is 60.1 Å². The van der Waals surface area contributed by atoms with Crippen LogP contribution in [0.5, 0.6) is 11.5 Å². The van der Waals surface area contributed by atoms with Gasteiger partial charge in [0.05, 0.1) is 55.5 Å². The summed E-state index contributed by atoms with van der Waals surface area (Å²) in [7, 11) is 4.93. The van der Waals surface area contributed by atoms with Crippen molar-refractivity contribution in [3.63, 3.8) is 0 Å².